The highest BCUT2D eigenvalue weighted by Gasteiger charge is 2.23. The smallest absolute Gasteiger partial charge is 0.217 e. The lowest BCUT2D eigenvalue weighted by Gasteiger charge is -2.11. The maximum atomic E-state index is 9.50. The fourth-order valence-electron chi connectivity index (χ4n) is 2.95. The number of rotatable bonds is 4. The van der Waals surface area contributed by atoms with Gasteiger partial charge in [0.15, 0.2) is 0 Å². The molecular weight excluding hydrogens is 312 g/mol. The first-order chi connectivity index (χ1) is 12.2. The molecule has 0 amide bonds. The van der Waals surface area contributed by atoms with E-state index in [0.29, 0.717) is 5.56 Å². The molecule has 4 heteroatoms. The van der Waals surface area contributed by atoms with Gasteiger partial charge in [-0.2, -0.15) is 9.83 Å². The van der Waals surface area contributed by atoms with Crippen molar-refractivity contribution in [3.63, 3.8) is 0 Å². The van der Waals surface area contributed by atoms with Crippen LogP contribution >= 0.6 is 0 Å². The van der Waals surface area contributed by atoms with E-state index in [0.717, 1.165) is 34.0 Å². The van der Waals surface area contributed by atoms with Gasteiger partial charge in [-0.15, -0.1) is 0 Å². The second-order valence-corrected chi connectivity index (χ2v) is 5.59. The molecule has 0 aliphatic heterocycles. The zero-order valence-corrected chi connectivity index (χ0v) is 14.5. The third-order valence-corrected chi connectivity index (χ3v) is 4.20. The largest absolute Gasteiger partial charge is 0.496 e. The van der Waals surface area contributed by atoms with E-state index >= 15 is 0 Å². The molecule has 0 aliphatic rings. The minimum Gasteiger partial charge on any atom is -0.496 e. The molecule has 0 bridgehead atoms. The summed E-state index contributed by atoms with van der Waals surface area (Å²) in [4.78, 5) is 0. The summed E-state index contributed by atoms with van der Waals surface area (Å²) < 4.78 is 13.0. The van der Waals surface area contributed by atoms with Gasteiger partial charge in [0, 0.05) is 12.1 Å². The number of ether oxygens (including phenoxy) is 2. The van der Waals surface area contributed by atoms with E-state index in [-0.39, 0.29) is 0 Å². The molecule has 2 aromatic carbocycles. The van der Waals surface area contributed by atoms with Gasteiger partial charge in [0.25, 0.3) is 0 Å². The molecule has 1 aromatic heterocycles. The van der Waals surface area contributed by atoms with Gasteiger partial charge in [-0.05, 0) is 24.3 Å². The van der Waals surface area contributed by atoms with Crippen LogP contribution in [0, 0.1) is 11.3 Å². The van der Waals surface area contributed by atoms with Crippen molar-refractivity contribution in [1.82, 2.24) is 0 Å². The van der Waals surface area contributed by atoms with E-state index < -0.39 is 0 Å². The number of nitrogens with zero attached hydrogens (tertiary/aromatic N) is 2. The minimum absolute atomic E-state index is 0.583. The van der Waals surface area contributed by atoms with E-state index in [1.165, 1.54) is 0 Å². The molecule has 0 aliphatic carbocycles. The van der Waals surface area contributed by atoms with Crippen LogP contribution in [0.2, 0.25) is 0 Å². The van der Waals surface area contributed by atoms with Gasteiger partial charge in [0.2, 0.25) is 11.4 Å². The second kappa shape index (κ2) is 7.06. The van der Waals surface area contributed by atoms with Crippen LogP contribution in [0.25, 0.3) is 22.5 Å². The fraction of sp³-hybridized carbons (Fsp3) is 0.143. The first kappa shape index (κ1) is 16.5. The highest BCUT2D eigenvalue weighted by Crippen LogP contribution is 2.32. The Morgan fingerprint density at radius 2 is 1.24 bits per heavy atom. The summed E-state index contributed by atoms with van der Waals surface area (Å²) in [5.41, 5.74) is 4.25. The molecule has 0 unspecified atom stereocenters. The predicted octanol–water partition coefficient (Wildman–Crippen LogP) is 3.73. The Morgan fingerprint density at radius 1 is 0.800 bits per heavy atom. The van der Waals surface area contributed by atoms with Crippen LogP contribution in [0.5, 0.6) is 11.5 Å². The van der Waals surface area contributed by atoms with Crippen molar-refractivity contribution < 1.29 is 14.0 Å². The molecule has 124 valence electrons. The van der Waals surface area contributed by atoms with Crippen molar-refractivity contribution in [2.75, 3.05) is 14.2 Å². The molecule has 0 saturated carbocycles. The van der Waals surface area contributed by atoms with E-state index in [4.69, 9.17) is 9.47 Å². The van der Waals surface area contributed by atoms with Gasteiger partial charge in [-0.1, -0.05) is 24.3 Å². The van der Waals surface area contributed by atoms with Crippen molar-refractivity contribution in [3.8, 4) is 40.1 Å². The van der Waals surface area contributed by atoms with Crippen molar-refractivity contribution in [2.24, 2.45) is 7.05 Å². The summed E-state index contributed by atoms with van der Waals surface area (Å²) in [6, 6.07) is 21.6. The number of para-hydroxylation sites is 2. The fourth-order valence-corrected chi connectivity index (χ4v) is 2.95. The van der Waals surface area contributed by atoms with Gasteiger partial charge < -0.3 is 9.47 Å². The van der Waals surface area contributed by atoms with Gasteiger partial charge >= 0.3 is 0 Å². The molecule has 0 spiro atoms. The van der Waals surface area contributed by atoms with Gasteiger partial charge in [-0.3, -0.25) is 0 Å². The zero-order valence-electron chi connectivity index (χ0n) is 14.5. The third-order valence-electron chi connectivity index (χ3n) is 4.20. The normalized spacial score (nSPS) is 10.2. The predicted molar refractivity (Wildman–Crippen MR) is 96.3 cm³/mol. The number of benzene rings is 2. The van der Waals surface area contributed by atoms with Gasteiger partial charge in [0.1, 0.15) is 18.5 Å². The van der Waals surface area contributed by atoms with Crippen molar-refractivity contribution in [3.05, 3.63) is 66.2 Å². The molecule has 0 N–H and O–H groups in total. The first-order valence-corrected chi connectivity index (χ1v) is 7.90. The van der Waals surface area contributed by atoms with Gasteiger partial charge in [0.05, 0.1) is 37.0 Å². The highest BCUT2D eigenvalue weighted by atomic mass is 16.5. The van der Waals surface area contributed by atoms with Crippen molar-refractivity contribution >= 4 is 0 Å². The van der Waals surface area contributed by atoms with Crippen LogP contribution in [0.15, 0.2) is 60.7 Å². The van der Waals surface area contributed by atoms with Crippen LogP contribution in [-0.2, 0) is 7.05 Å². The summed E-state index contributed by atoms with van der Waals surface area (Å²) in [5, 5.41) is 9.50. The average molecular weight is 331 g/mol. The number of methoxy groups -OCH3 is 2. The molecule has 0 fully saturated rings. The lowest BCUT2D eigenvalue weighted by Crippen LogP contribution is -2.34. The van der Waals surface area contributed by atoms with Crippen LogP contribution in [0.4, 0.5) is 0 Å². The molecule has 0 atom stereocenters. The Labute approximate surface area is 147 Å². The van der Waals surface area contributed by atoms with Crippen molar-refractivity contribution in [1.29, 1.82) is 5.26 Å². The molecule has 1 heterocycles. The summed E-state index contributed by atoms with van der Waals surface area (Å²) in [6.07, 6.45) is 0. The van der Waals surface area contributed by atoms with E-state index in [1.807, 2.05) is 67.7 Å². The summed E-state index contributed by atoms with van der Waals surface area (Å²) in [5.74, 6) is 1.53. The van der Waals surface area contributed by atoms with E-state index in [1.54, 1.807) is 14.2 Å². The molecular formula is C21H19N2O2+. The van der Waals surface area contributed by atoms with Crippen LogP contribution in [0.1, 0.15) is 5.56 Å². The molecule has 4 nitrogen and oxygen atoms in total. The third kappa shape index (κ3) is 3.05. The maximum absolute atomic E-state index is 9.50. The molecule has 0 radical (unpaired) electrons. The average Bonchev–Trinajstić information content (AvgIpc) is 2.68. The number of hydrogen-bond acceptors (Lipinski definition) is 3. The molecule has 25 heavy (non-hydrogen) atoms. The first-order valence-electron chi connectivity index (χ1n) is 7.90. The number of nitriles is 1. The Kier molecular flexibility index (Phi) is 4.67. The minimum atomic E-state index is 0.583. The SMILES string of the molecule is COc1ccccc1-c1cc(C#N)cc(-c2ccccc2OC)[n+]1C. The Bertz CT molecular complexity index is 890. The molecule has 3 aromatic rings. The Balaban J connectivity index is 2.31. The summed E-state index contributed by atoms with van der Waals surface area (Å²) in [6.45, 7) is 0. The van der Waals surface area contributed by atoms with Crippen LogP contribution in [-0.4, -0.2) is 14.2 Å². The maximum Gasteiger partial charge on any atom is 0.217 e. The Hall–Kier alpha value is -3.32. The quantitative estimate of drug-likeness (QED) is 0.684. The number of hydrogen-bond donors (Lipinski definition) is 0. The lowest BCUT2D eigenvalue weighted by atomic mass is 10.0. The van der Waals surface area contributed by atoms with E-state index in [2.05, 4.69) is 10.6 Å². The zero-order chi connectivity index (χ0) is 17.8. The van der Waals surface area contributed by atoms with Gasteiger partial charge in [-0.25, -0.2) is 0 Å². The second-order valence-electron chi connectivity index (χ2n) is 5.59. The van der Waals surface area contributed by atoms with Crippen LogP contribution < -0.4 is 14.0 Å². The topological polar surface area (TPSA) is 46.1 Å². The standard InChI is InChI=1S/C21H19N2O2/c1-23-18(16-8-4-6-10-20(16)24-2)12-15(14-22)13-19(23)17-9-5-7-11-21(17)25-3/h4-13H,1-3H3/q+1. The van der Waals surface area contributed by atoms with Crippen molar-refractivity contribution in [2.45, 2.75) is 0 Å². The molecule has 3 rings (SSSR count). The Morgan fingerprint density at radius 3 is 1.64 bits per heavy atom. The lowest BCUT2D eigenvalue weighted by molar-refractivity contribution is -0.649. The highest BCUT2D eigenvalue weighted by molar-refractivity contribution is 5.71. The number of pyridine rings is 1. The van der Waals surface area contributed by atoms with Crippen LogP contribution in [0.3, 0.4) is 0 Å². The summed E-state index contributed by atoms with van der Waals surface area (Å²) in [7, 11) is 5.27. The summed E-state index contributed by atoms with van der Waals surface area (Å²) >= 11 is 0. The number of aromatic nitrogens is 1. The monoisotopic (exact) mass is 331 g/mol. The molecule has 0 saturated heterocycles. The van der Waals surface area contributed by atoms with E-state index in [9.17, 15) is 5.26 Å².